The van der Waals surface area contributed by atoms with E-state index < -0.39 is 0 Å². The van der Waals surface area contributed by atoms with Gasteiger partial charge in [-0.2, -0.15) is 0 Å². The number of halogens is 1. The number of aromatic nitrogens is 2. The van der Waals surface area contributed by atoms with Crippen LogP contribution in [0.25, 0.3) is 5.65 Å². The van der Waals surface area contributed by atoms with E-state index in [0.717, 1.165) is 11.1 Å². The minimum Gasteiger partial charge on any atom is -0.487 e. The topological polar surface area (TPSA) is 60.7 Å². The van der Waals surface area contributed by atoms with Gasteiger partial charge in [-0.25, -0.2) is 4.98 Å². The molecule has 0 N–H and O–H groups in total. The highest BCUT2D eigenvalue weighted by molar-refractivity contribution is 6.32. The number of pyridine rings is 1. The molecule has 26 heavy (non-hydrogen) atoms. The number of hydrogen-bond acceptors (Lipinski definition) is 4. The van der Waals surface area contributed by atoms with Crippen molar-refractivity contribution >= 4 is 23.0 Å². The van der Waals surface area contributed by atoms with Gasteiger partial charge in [-0.1, -0.05) is 18.5 Å². The lowest BCUT2D eigenvalue weighted by molar-refractivity contribution is 0.0986. The minimum absolute atomic E-state index is 0.0344. The lowest BCUT2D eigenvalue weighted by Crippen LogP contribution is -2.16. The Morgan fingerprint density at radius 1 is 1.27 bits per heavy atom. The normalized spacial score (nSPS) is 16.1. The lowest BCUT2D eigenvalue weighted by Gasteiger charge is -2.12. The predicted molar refractivity (Wildman–Crippen MR) is 99.3 cm³/mol. The zero-order valence-electron chi connectivity index (χ0n) is 14.5. The first kappa shape index (κ1) is 16.8. The number of ether oxygens (including phenoxy) is 1. The number of carbonyl (C=O) groups excluding carboxylic acids is 1. The maximum absolute atomic E-state index is 12.3. The van der Waals surface area contributed by atoms with Crippen molar-refractivity contribution < 1.29 is 9.53 Å². The molecule has 2 aromatic heterocycles. The molecule has 4 rings (SSSR count). The number of hydrogen-bond donors (Lipinski definition) is 0. The molecular formula is C20H17ClN2O3. The number of carbonyl (C=O) groups is 1. The highest BCUT2D eigenvalue weighted by Crippen LogP contribution is 2.42. The van der Waals surface area contributed by atoms with Gasteiger partial charge < -0.3 is 4.74 Å². The quantitative estimate of drug-likeness (QED) is 0.702. The van der Waals surface area contributed by atoms with Crippen LogP contribution in [-0.2, 0) is 6.61 Å². The third-order valence-electron chi connectivity index (χ3n) is 4.67. The summed E-state index contributed by atoms with van der Waals surface area (Å²) in [6, 6.07) is 8.60. The average molecular weight is 369 g/mol. The van der Waals surface area contributed by atoms with Gasteiger partial charge in [-0.15, -0.1) is 0 Å². The van der Waals surface area contributed by atoms with E-state index in [1.165, 1.54) is 10.5 Å². The molecule has 2 heterocycles. The summed E-state index contributed by atoms with van der Waals surface area (Å²) in [5.74, 6) is 0.608. The summed E-state index contributed by atoms with van der Waals surface area (Å²) in [4.78, 5) is 29.0. The number of fused-ring (bicyclic) bond motifs is 2. The number of nitrogens with zero attached hydrogens (tertiary/aromatic N) is 2. The summed E-state index contributed by atoms with van der Waals surface area (Å²) in [6.45, 7) is 4.03. The van der Waals surface area contributed by atoms with Crippen LogP contribution >= 0.6 is 11.6 Å². The van der Waals surface area contributed by atoms with Crippen LogP contribution in [0.15, 0.2) is 41.3 Å². The molecule has 1 unspecified atom stereocenters. The molecule has 0 fully saturated rings. The molecule has 0 amide bonds. The molecular weight excluding hydrogens is 352 g/mol. The molecule has 1 aliphatic rings. The molecule has 1 aromatic carbocycles. The van der Waals surface area contributed by atoms with Crippen LogP contribution in [0.3, 0.4) is 0 Å². The van der Waals surface area contributed by atoms with Crippen molar-refractivity contribution in [3.63, 3.8) is 0 Å². The van der Waals surface area contributed by atoms with Gasteiger partial charge in [0.1, 0.15) is 18.0 Å². The summed E-state index contributed by atoms with van der Waals surface area (Å²) in [5, 5.41) is 0.586. The van der Waals surface area contributed by atoms with Gasteiger partial charge in [-0.05, 0) is 48.2 Å². The van der Waals surface area contributed by atoms with E-state index in [1.54, 1.807) is 18.3 Å². The van der Waals surface area contributed by atoms with Gasteiger partial charge in [0.05, 0.1) is 11.3 Å². The van der Waals surface area contributed by atoms with Crippen LogP contribution in [0.2, 0.25) is 5.02 Å². The predicted octanol–water partition coefficient (Wildman–Crippen LogP) is 3.93. The van der Waals surface area contributed by atoms with E-state index in [2.05, 4.69) is 4.98 Å². The molecule has 0 bridgehead atoms. The van der Waals surface area contributed by atoms with Crippen LogP contribution in [0.1, 0.15) is 46.4 Å². The highest BCUT2D eigenvalue weighted by atomic mass is 35.5. The summed E-state index contributed by atoms with van der Waals surface area (Å²) in [6.07, 6.45) is 2.14. The molecule has 3 aromatic rings. The molecule has 0 spiro atoms. The van der Waals surface area contributed by atoms with Crippen molar-refractivity contribution in [1.29, 1.82) is 0 Å². The molecule has 1 atom stereocenters. The third-order valence-corrected chi connectivity index (χ3v) is 5.00. The molecule has 0 radical (unpaired) electrons. The fourth-order valence-electron chi connectivity index (χ4n) is 3.43. The van der Waals surface area contributed by atoms with Crippen molar-refractivity contribution in [2.75, 3.05) is 0 Å². The number of aryl methyl sites for hydroxylation is 1. The molecule has 1 aliphatic carbocycles. The van der Waals surface area contributed by atoms with E-state index in [0.29, 0.717) is 34.1 Å². The van der Waals surface area contributed by atoms with Crippen molar-refractivity contribution in [2.24, 2.45) is 0 Å². The third kappa shape index (κ3) is 2.78. The second-order valence-corrected chi connectivity index (χ2v) is 7.08. The minimum atomic E-state index is -0.167. The Morgan fingerprint density at radius 2 is 2.08 bits per heavy atom. The second-order valence-electron chi connectivity index (χ2n) is 6.67. The molecule has 0 aliphatic heterocycles. The van der Waals surface area contributed by atoms with Gasteiger partial charge in [0.15, 0.2) is 5.78 Å². The maximum atomic E-state index is 12.3. The average Bonchev–Trinajstić information content (AvgIpc) is 2.89. The van der Waals surface area contributed by atoms with Crippen molar-refractivity contribution in [3.8, 4) is 5.75 Å². The van der Waals surface area contributed by atoms with E-state index in [9.17, 15) is 9.59 Å². The molecule has 132 valence electrons. The van der Waals surface area contributed by atoms with Gasteiger partial charge in [-0.3, -0.25) is 14.0 Å². The fourth-order valence-corrected chi connectivity index (χ4v) is 3.77. The smallest absolute Gasteiger partial charge is 0.258 e. The Hall–Kier alpha value is -2.66. The van der Waals surface area contributed by atoms with Crippen molar-refractivity contribution in [1.82, 2.24) is 9.38 Å². The van der Waals surface area contributed by atoms with Gasteiger partial charge in [0, 0.05) is 23.7 Å². The lowest BCUT2D eigenvalue weighted by atomic mass is 10.0. The molecule has 0 saturated heterocycles. The van der Waals surface area contributed by atoms with E-state index >= 15 is 0 Å². The summed E-state index contributed by atoms with van der Waals surface area (Å²) < 4.78 is 7.34. The van der Waals surface area contributed by atoms with Crippen LogP contribution in [-0.4, -0.2) is 15.2 Å². The monoisotopic (exact) mass is 368 g/mol. The summed E-state index contributed by atoms with van der Waals surface area (Å²) in [5.41, 5.74) is 3.34. The van der Waals surface area contributed by atoms with Crippen molar-refractivity contribution in [2.45, 2.75) is 32.8 Å². The first-order chi connectivity index (χ1) is 12.4. The van der Waals surface area contributed by atoms with Crippen LogP contribution < -0.4 is 10.3 Å². The van der Waals surface area contributed by atoms with Crippen LogP contribution in [0, 0.1) is 6.92 Å². The Balaban J connectivity index is 1.68. The first-order valence-corrected chi connectivity index (χ1v) is 8.79. The van der Waals surface area contributed by atoms with E-state index in [1.807, 2.05) is 26.0 Å². The van der Waals surface area contributed by atoms with Gasteiger partial charge >= 0.3 is 0 Å². The van der Waals surface area contributed by atoms with Gasteiger partial charge in [0.25, 0.3) is 5.56 Å². The maximum Gasteiger partial charge on any atom is 0.258 e. The molecule has 5 nitrogen and oxygen atoms in total. The highest BCUT2D eigenvalue weighted by Gasteiger charge is 2.31. The Labute approximate surface area is 155 Å². The van der Waals surface area contributed by atoms with Crippen LogP contribution in [0.5, 0.6) is 5.75 Å². The van der Waals surface area contributed by atoms with Crippen LogP contribution in [0.4, 0.5) is 0 Å². The fraction of sp³-hybridized carbons (Fsp3) is 0.250. The number of benzene rings is 1. The SMILES string of the molecule is Cc1ccn2c(=O)cc(COc3ccc(Cl)c4c3C(=O)CC4C)nc2c1. The Bertz CT molecular complexity index is 1100. The van der Waals surface area contributed by atoms with E-state index in [4.69, 9.17) is 16.3 Å². The second kappa shape index (κ2) is 6.25. The largest absolute Gasteiger partial charge is 0.487 e. The Morgan fingerprint density at radius 3 is 2.88 bits per heavy atom. The number of rotatable bonds is 3. The standard InChI is InChI=1S/C20H17ClN2O3/c1-11-5-6-23-17(7-11)22-13(9-18(23)25)10-26-16-4-3-14(21)19-12(2)8-15(24)20(16)19/h3-7,9,12H,8,10H2,1-2H3. The zero-order chi connectivity index (χ0) is 18.4. The first-order valence-electron chi connectivity index (χ1n) is 8.41. The van der Waals surface area contributed by atoms with E-state index in [-0.39, 0.29) is 23.9 Å². The molecule has 6 heteroatoms. The van der Waals surface area contributed by atoms with Gasteiger partial charge in [0.2, 0.25) is 0 Å². The summed E-state index contributed by atoms with van der Waals surface area (Å²) in [7, 11) is 0. The summed E-state index contributed by atoms with van der Waals surface area (Å²) >= 11 is 6.26. The molecule has 0 saturated carbocycles. The van der Waals surface area contributed by atoms with Crippen molar-refractivity contribution in [3.05, 3.63) is 74.3 Å². The number of Topliss-reactive ketones (excluding diaryl/α,β-unsaturated/α-hetero) is 1. The zero-order valence-corrected chi connectivity index (χ0v) is 15.2. The number of ketones is 1. The Kier molecular flexibility index (Phi) is 4.04.